The molecule has 0 aliphatic carbocycles. The molecule has 0 atom stereocenters. The summed E-state index contributed by atoms with van der Waals surface area (Å²) in [5.74, 6) is -0.333. The van der Waals surface area contributed by atoms with Crippen molar-refractivity contribution < 1.29 is 9.53 Å². The van der Waals surface area contributed by atoms with Crippen molar-refractivity contribution in [2.24, 2.45) is 5.73 Å². The molecule has 2 aromatic rings. The predicted octanol–water partition coefficient (Wildman–Crippen LogP) is 1.30. The lowest BCUT2D eigenvalue weighted by Gasteiger charge is -2.01. The zero-order valence-corrected chi connectivity index (χ0v) is 10.2. The van der Waals surface area contributed by atoms with Gasteiger partial charge in [0.15, 0.2) is 0 Å². The standard InChI is InChI=1S/C13H15N3O2/c1-18-13(17)11-4-2-10(3-5-11)12-8-15-16(9-12)7-6-14/h2-5,8-9H,6-7,14H2,1H3. The maximum Gasteiger partial charge on any atom is 0.337 e. The summed E-state index contributed by atoms with van der Waals surface area (Å²) in [4.78, 5) is 11.3. The second-order valence-corrected chi connectivity index (χ2v) is 3.85. The summed E-state index contributed by atoms with van der Waals surface area (Å²) in [7, 11) is 1.37. The van der Waals surface area contributed by atoms with E-state index >= 15 is 0 Å². The van der Waals surface area contributed by atoms with Crippen molar-refractivity contribution in [3.63, 3.8) is 0 Å². The van der Waals surface area contributed by atoms with E-state index in [-0.39, 0.29) is 5.97 Å². The topological polar surface area (TPSA) is 70.1 Å². The van der Waals surface area contributed by atoms with Crippen molar-refractivity contribution in [1.82, 2.24) is 9.78 Å². The Hall–Kier alpha value is -2.14. The van der Waals surface area contributed by atoms with Crippen LogP contribution in [0.3, 0.4) is 0 Å². The number of ether oxygens (including phenoxy) is 1. The van der Waals surface area contributed by atoms with Crippen LogP contribution in [0.15, 0.2) is 36.7 Å². The molecule has 0 amide bonds. The highest BCUT2D eigenvalue weighted by Gasteiger charge is 2.06. The molecular weight excluding hydrogens is 230 g/mol. The molecule has 0 radical (unpaired) electrons. The van der Waals surface area contributed by atoms with Crippen LogP contribution in [0, 0.1) is 0 Å². The fourth-order valence-corrected chi connectivity index (χ4v) is 1.68. The van der Waals surface area contributed by atoms with Crippen molar-refractivity contribution in [2.45, 2.75) is 6.54 Å². The number of carbonyl (C=O) groups excluding carboxylic acids is 1. The van der Waals surface area contributed by atoms with Crippen molar-refractivity contribution in [3.8, 4) is 11.1 Å². The number of hydrogen-bond acceptors (Lipinski definition) is 4. The summed E-state index contributed by atoms with van der Waals surface area (Å²) in [6.07, 6.45) is 3.71. The summed E-state index contributed by atoms with van der Waals surface area (Å²) >= 11 is 0. The Morgan fingerprint density at radius 3 is 2.67 bits per heavy atom. The van der Waals surface area contributed by atoms with E-state index in [0.717, 1.165) is 11.1 Å². The molecule has 0 saturated carbocycles. The maximum atomic E-state index is 11.3. The molecule has 0 saturated heterocycles. The average Bonchev–Trinajstić information content (AvgIpc) is 2.87. The first-order chi connectivity index (χ1) is 8.74. The van der Waals surface area contributed by atoms with Gasteiger partial charge in [-0.15, -0.1) is 0 Å². The molecule has 2 rings (SSSR count). The highest BCUT2D eigenvalue weighted by atomic mass is 16.5. The number of aromatic nitrogens is 2. The molecule has 5 heteroatoms. The van der Waals surface area contributed by atoms with Gasteiger partial charge in [-0.2, -0.15) is 5.10 Å². The third-order valence-corrected chi connectivity index (χ3v) is 2.63. The van der Waals surface area contributed by atoms with E-state index in [1.807, 2.05) is 18.3 Å². The molecule has 0 fully saturated rings. The molecule has 0 aliphatic heterocycles. The molecule has 2 N–H and O–H groups in total. The highest BCUT2D eigenvalue weighted by Crippen LogP contribution is 2.19. The van der Waals surface area contributed by atoms with Gasteiger partial charge in [-0.25, -0.2) is 4.79 Å². The van der Waals surface area contributed by atoms with Gasteiger partial charge in [-0.3, -0.25) is 4.68 Å². The van der Waals surface area contributed by atoms with Gasteiger partial charge in [0.25, 0.3) is 0 Å². The van der Waals surface area contributed by atoms with Crippen molar-refractivity contribution in [1.29, 1.82) is 0 Å². The molecule has 94 valence electrons. The van der Waals surface area contributed by atoms with Gasteiger partial charge in [-0.1, -0.05) is 12.1 Å². The van der Waals surface area contributed by atoms with E-state index in [9.17, 15) is 4.79 Å². The van der Waals surface area contributed by atoms with E-state index in [2.05, 4.69) is 9.84 Å². The van der Waals surface area contributed by atoms with Crippen LogP contribution in [-0.2, 0) is 11.3 Å². The minimum Gasteiger partial charge on any atom is -0.465 e. The van der Waals surface area contributed by atoms with Gasteiger partial charge >= 0.3 is 5.97 Å². The number of benzene rings is 1. The normalized spacial score (nSPS) is 10.3. The molecule has 0 spiro atoms. The molecule has 0 unspecified atom stereocenters. The molecular formula is C13H15N3O2. The van der Waals surface area contributed by atoms with E-state index in [1.54, 1.807) is 23.0 Å². The second-order valence-electron chi connectivity index (χ2n) is 3.85. The SMILES string of the molecule is COC(=O)c1ccc(-c2cnn(CCN)c2)cc1. The largest absolute Gasteiger partial charge is 0.465 e. The van der Waals surface area contributed by atoms with E-state index in [1.165, 1.54) is 7.11 Å². The van der Waals surface area contributed by atoms with Crippen LogP contribution in [0.1, 0.15) is 10.4 Å². The summed E-state index contributed by atoms with van der Waals surface area (Å²) in [5, 5.41) is 4.20. The van der Waals surface area contributed by atoms with E-state index < -0.39 is 0 Å². The zero-order valence-electron chi connectivity index (χ0n) is 10.2. The summed E-state index contributed by atoms with van der Waals surface area (Å²) < 4.78 is 6.44. The van der Waals surface area contributed by atoms with Crippen LogP contribution in [0.5, 0.6) is 0 Å². The molecule has 5 nitrogen and oxygen atoms in total. The van der Waals surface area contributed by atoms with Gasteiger partial charge in [0.2, 0.25) is 0 Å². The number of methoxy groups -OCH3 is 1. The first kappa shape index (κ1) is 12.3. The Morgan fingerprint density at radius 2 is 2.06 bits per heavy atom. The lowest BCUT2D eigenvalue weighted by molar-refractivity contribution is 0.0601. The Labute approximate surface area is 105 Å². The third-order valence-electron chi connectivity index (χ3n) is 2.63. The Morgan fingerprint density at radius 1 is 1.33 bits per heavy atom. The fraction of sp³-hybridized carbons (Fsp3) is 0.231. The monoisotopic (exact) mass is 245 g/mol. The van der Waals surface area contributed by atoms with E-state index in [0.29, 0.717) is 18.7 Å². The lowest BCUT2D eigenvalue weighted by Crippen LogP contribution is -2.09. The molecule has 1 aromatic carbocycles. The van der Waals surface area contributed by atoms with Crippen LogP contribution in [0.2, 0.25) is 0 Å². The molecule has 1 aromatic heterocycles. The highest BCUT2D eigenvalue weighted by molar-refractivity contribution is 5.89. The lowest BCUT2D eigenvalue weighted by atomic mass is 10.1. The van der Waals surface area contributed by atoms with Gasteiger partial charge < -0.3 is 10.5 Å². The van der Waals surface area contributed by atoms with Crippen LogP contribution in [0.4, 0.5) is 0 Å². The smallest absolute Gasteiger partial charge is 0.337 e. The number of nitrogens with zero attached hydrogens (tertiary/aromatic N) is 2. The number of nitrogens with two attached hydrogens (primary N) is 1. The second kappa shape index (κ2) is 5.46. The molecule has 0 bridgehead atoms. The summed E-state index contributed by atoms with van der Waals surface area (Å²) in [6, 6.07) is 7.22. The third kappa shape index (κ3) is 2.57. The number of rotatable bonds is 4. The first-order valence-electron chi connectivity index (χ1n) is 5.66. The van der Waals surface area contributed by atoms with Gasteiger partial charge in [0.1, 0.15) is 0 Å². The Bertz CT molecular complexity index is 531. The minimum absolute atomic E-state index is 0.333. The van der Waals surface area contributed by atoms with Crippen LogP contribution in [-0.4, -0.2) is 29.4 Å². The average molecular weight is 245 g/mol. The van der Waals surface area contributed by atoms with Crippen LogP contribution in [0.25, 0.3) is 11.1 Å². The van der Waals surface area contributed by atoms with Gasteiger partial charge in [0, 0.05) is 18.3 Å². The number of esters is 1. The minimum atomic E-state index is -0.333. The van der Waals surface area contributed by atoms with Crippen molar-refractivity contribution in [2.75, 3.05) is 13.7 Å². The van der Waals surface area contributed by atoms with E-state index in [4.69, 9.17) is 5.73 Å². The first-order valence-corrected chi connectivity index (χ1v) is 5.66. The van der Waals surface area contributed by atoms with Crippen molar-refractivity contribution in [3.05, 3.63) is 42.2 Å². The zero-order chi connectivity index (χ0) is 13.0. The fourth-order valence-electron chi connectivity index (χ4n) is 1.68. The van der Waals surface area contributed by atoms with Crippen LogP contribution < -0.4 is 5.73 Å². The number of carbonyl (C=O) groups is 1. The molecule has 18 heavy (non-hydrogen) atoms. The summed E-state index contributed by atoms with van der Waals surface area (Å²) in [5.41, 5.74) is 8.01. The number of hydrogen-bond donors (Lipinski definition) is 1. The Balaban J connectivity index is 2.20. The quantitative estimate of drug-likeness (QED) is 0.824. The molecule has 1 heterocycles. The van der Waals surface area contributed by atoms with Gasteiger partial charge in [0.05, 0.1) is 25.4 Å². The molecule has 0 aliphatic rings. The predicted molar refractivity (Wildman–Crippen MR) is 68.1 cm³/mol. The summed E-state index contributed by atoms with van der Waals surface area (Å²) in [6.45, 7) is 1.25. The van der Waals surface area contributed by atoms with Crippen LogP contribution >= 0.6 is 0 Å². The van der Waals surface area contributed by atoms with Gasteiger partial charge in [-0.05, 0) is 17.7 Å². The Kier molecular flexibility index (Phi) is 3.74. The van der Waals surface area contributed by atoms with Crippen molar-refractivity contribution >= 4 is 5.97 Å². The maximum absolute atomic E-state index is 11.3.